The summed E-state index contributed by atoms with van der Waals surface area (Å²) in [5.74, 6) is -0.840. The molecule has 1 aliphatic heterocycles. The Morgan fingerprint density at radius 1 is 1.24 bits per heavy atom. The molecule has 2 aromatic heterocycles. The zero-order chi connectivity index (χ0) is 23.6. The monoisotopic (exact) mass is 471 g/mol. The molecule has 1 aliphatic rings. The van der Waals surface area contributed by atoms with Gasteiger partial charge in [-0.3, -0.25) is 14.5 Å². The zero-order valence-corrected chi connectivity index (χ0v) is 18.9. The lowest BCUT2D eigenvalue weighted by Crippen LogP contribution is -2.44. The van der Waals surface area contributed by atoms with Gasteiger partial charge in [0, 0.05) is 6.54 Å². The predicted molar refractivity (Wildman–Crippen MR) is 117 cm³/mol. The van der Waals surface area contributed by atoms with Gasteiger partial charge in [-0.1, -0.05) is 25.1 Å². The summed E-state index contributed by atoms with van der Waals surface area (Å²) in [6.07, 6.45) is 0.658. The molecule has 4 amide bonds. The fourth-order valence-electron chi connectivity index (χ4n) is 3.60. The van der Waals surface area contributed by atoms with E-state index < -0.39 is 35.7 Å². The number of rotatable bonds is 8. The van der Waals surface area contributed by atoms with Crippen LogP contribution in [0.2, 0.25) is 0 Å². The second-order valence-corrected chi connectivity index (χ2v) is 8.69. The topological polar surface area (TPSA) is 109 Å². The van der Waals surface area contributed by atoms with Crippen LogP contribution < -0.4 is 5.32 Å². The van der Waals surface area contributed by atoms with Crippen LogP contribution in [0.4, 0.5) is 9.18 Å². The molecule has 172 valence electrons. The Morgan fingerprint density at radius 3 is 2.67 bits per heavy atom. The van der Waals surface area contributed by atoms with Crippen molar-refractivity contribution in [1.82, 2.24) is 25.3 Å². The molecule has 1 atom stereocenters. The number of aromatic nitrogens is 2. The van der Waals surface area contributed by atoms with Gasteiger partial charge in [-0.25, -0.2) is 9.18 Å². The molecule has 9 nitrogen and oxygen atoms in total. The third-order valence-electron chi connectivity index (χ3n) is 5.36. The molecule has 0 saturated carbocycles. The van der Waals surface area contributed by atoms with Gasteiger partial charge >= 0.3 is 6.03 Å². The van der Waals surface area contributed by atoms with E-state index in [2.05, 4.69) is 15.5 Å². The number of nitrogens with one attached hydrogen (secondary N) is 1. The molecule has 1 fully saturated rings. The number of urea groups is 1. The Kier molecular flexibility index (Phi) is 6.23. The molecule has 1 aromatic carbocycles. The highest BCUT2D eigenvalue weighted by Gasteiger charge is 2.49. The summed E-state index contributed by atoms with van der Waals surface area (Å²) in [6, 6.07) is 8.33. The largest absolute Gasteiger partial charge is 0.418 e. The van der Waals surface area contributed by atoms with Gasteiger partial charge in [0.2, 0.25) is 11.8 Å². The minimum absolute atomic E-state index is 0.0595. The van der Waals surface area contributed by atoms with E-state index in [1.807, 2.05) is 24.4 Å². The van der Waals surface area contributed by atoms with Crippen molar-refractivity contribution in [2.75, 3.05) is 13.1 Å². The summed E-state index contributed by atoms with van der Waals surface area (Å²) >= 11 is 1.46. The first kappa shape index (κ1) is 22.6. The van der Waals surface area contributed by atoms with Crippen LogP contribution >= 0.6 is 11.3 Å². The summed E-state index contributed by atoms with van der Waals surface area (Å²) < 4.78 is 19.0. The molecule has 4 rings (SSSR count). The van der Waals surface area contributed by atoms with E-state index in [4.69, 9.17) is 4.42 Å². The lowest BCUT2D eigenvalue weighted by Gasteiger charge is -2.24. The molecule has 0 radical (unpaired) electrons. The minimum atomic E-state index is -1.39. The third kappa shape index (κ3) is 4.49. The van der Waals surface area contributed by atoms with Gasteiger partial charge in [-0.05, 0) is 42.5 Å². The van der Waals surface area contributed by atoms with Crippen LogP contribution in [0.25, 0.3) is 10.8 Å². The smallest absolute Gasteiger partial charge is 0.325 e. The van der Waals surface area contributed by atoms with Crippen LogP contribution in [0.5, 0.6) is 0 Å². The molecule has 0 unspecified atom stereocenters. The van der Waals surface area contributed by atoms with Gasteiger partial charge < -0.3 is 14.6 Å². The van der Waals surface area contributed by atoms with E-state index in [1.165, 1.54) is 47.4 Å². The molecule has 11 heteroatoms. The van der Waals surface area contributed by atoms with E-state index in [-0.39, 0.29) is 12.4 Å². The highest BCUT2D eigenvalue weighted by molar-refractivity contribution is 7.13. The average Bonchev–Trinajstić information content (AvgIpc) is 3.52. The Bertz CT molecular complexity index is 1160. The molecule has 33 heavy (non-hydrogen) atoms. The van der Waals surface area contributed by atoms with E-state index in [9.17, 15) is 18.8 Å². The Hall–Kier alpha value is -3.60. The maximum absolute atomic E-state index is 13.3. The number of imide groups is 1. The van der Waals surface area contributed by atoms with Crippen molar-refractivity contribution < 1.29 is 23.2 Å². The molecular weight excluding hydrogens is 449 g/mol. The van der Waals surface area contributed by atoms with Crippen molar-refractivity contribution >= 4 is 29.2 Å². The number of hydrogen-bond acceptors (Lipinski definition) is 7. The van der Waals surface area contributed by atoms with E-state index in [0.29, 0.717) is 24.4 Å². The number of thiophene rings is 1. The third-order valence-corrected chi connectivity index (χ3v) is 6.22. The van der Waals surface area contributed by atoms with Crippen molar-refractivity contribution in [3.63, 3.8) is 0 Å². The maximum Gasteiger partial charge on any atom is 0.325 e. The maximum atomic E-state index is 13.3. The van der Waals surface area contributed by atoms with Crippen molar-refractivity contribution in [3.05, 3.63) is 59.0 Å². The van der Waals surface area contributed by atoms with Gasteiger partial charge in [-0.2, -0.15) is 0 Å². The van der Waals surface area contributed by atoms with Crippen molar-refractivity contribution in [3.8, 4) is 10.8 Å². The SMILES string of the molecule is CCCN(Cc1nnc(-c2cccs2)o1)C(=O)CN1C(=O)N[C@](C)(c2ccc(F)cc2)C1=O. The molecule has 0 spiro atoms. The number of carbonyl (C=O) groups excluding carboxylic acids is 3. The number of hydrogen-bond donors (Lipinski definition) is 1. The second-order valence-electron chi connectivity index (χ2n) is 7.75. The number of halogens is 1. The molecule has 1 saturated heterocycles. The minimum Gasteiger partial charge on any atom is -0.418 e. The average molecular weight is 472 g/mol. The fourth-order valence-corrected chi connectivity index (χ4v) is 4.24. The zero-order valence-electron chi connectivity index (χ0n) is 18.1. The number of nitrogens with zero attached hydrogens (tertiary/aromatic N) is 4. The summed E-state index contributed by atoms with van der Waals surface area (Å²) in [6.45, 7) is 3.44. The first-order valence-electron chi connectivity index (χ1n) is 10.4. The normalized spacial score (nSPS) is 18.0. The lowest BCUT2D eigenvalue weighted by atomic mass is 9.92. The number of amides is 4. The molecule has 3 heterocycles. The van der Waals surface area contributed by atoms with Crippen LogP contribution in [0.1, 0.15) is 31.7 Å². The Morgan fingerprint density at radius 2 is 2.00 bits per heavy atom. The van der Waals surface area contributed by atoms with Gasteiger partial charge in [0.15, 0.2) is 0 Å². The quantitative estimate of drug-likeness (QED) is 0.506. The molecule has 3 aromatic rings. The summed E-state index contributed by atoms with van der Waals surface area (Å²) in [4.78, 5) is 41.8. The van der Waals surface area contributed by atoms with Gasteiger partial charge in [-0.15, -0.1) is 21.5 Å². The van der Waals surface area contributed by atoms with Crippen molar-refractivity contribution in [2.45, 2.75) is 32.4 Å². The van der Waals surface area contributed by atoms with Gasteiger partial charge in [0.05, 0.1) is 11.4 Å². The van der Waals surface area contributed by atoms with Crippen LogP contribution in [0.15, 0.2) is 46.2 Å². The van der Waals surface area contributed by atoms with Crippen LogP contribution in [-0.2, 0) is 21.7 Å². The summed E-state index contributed by atoms with van der Waals surface area (Å²) in [7, 11) is 0. The summed E-state index contributed by atoms with van der Waals surface area (Å²) in [5.41, 5.74) is -0.961. The first-order chi connectivity index (χ1) is 15.8. The number of benzene rings is 1. The number of carbonyl (C=O) groups is 3. The van der Waals surface area contributed by atoms with Crippen molar-refractivity contribution in [2.24, 2.45) is 0 Å². The lowest BCUT2D eigenvalue weighted by molar-refractivity contribution is -0.139. The predicted octanol–water partition coefficient (Wildman–Crippen LogP) is 3.14. The van der Waals surface area contributed by atoms with Crippen LogP contribution in [0.3, 0.4) is 0 Å². The molecular formula is C22H22FN5O4S. The van der Waals surface area contributed by atoms with E-state index >= 15 is 0 Å². The first-order valence-corrected chi connectivity index (χ1v) is 11.2. The fraction of sp³-hybridized carbons (Fsp3) is 0.318. The standard InChI is InChI=1S/C22H22FN5O4S/c1-3-10-27(12-17-25-26-19(32-17)16-5-4-11-33-16)18(29)13-28-20(30)22(2,24-21(28)31)14-6-8-15(23)9-7-14/h4-9,11H,3,10,12-13H2,1-2H3,(H,24,31)/t22-/m1/s1. The highest BCUT2D eigenvalue weighted by Crippen LogP contribution is 2.29. The molecule has 0 aliphatic carbocycles. The molecule has 1 N–H and O–H groups in total. The van der Waals surface area contributed by atoms with E-state index in [1.54, 1.807) is 0 Å². The van der Waals surface area contributed by atoms with Crippen LogP contribution in [-0.4, -0.2) is 50.9 Å². The molecule has 0 bridgehead atoms. The highest BCUT2D eigenvalue weighted by atomic mass is 32.1. The Balaban J connectivity index is 1.47. The second kappa shape index (κ2) is 9.10. The van der Waals surface area contributed by atoms with Gasteiger partial charge in [0.1, 0.15) is 17.9 Å². The van der Waals surface area contributed by atoms with E-state index in [0.717, 1.165) is 9.78 Å². The van der Waals surface area contributed by atoms with Gasteiger partial charge in [0.25, 0.3) is 11.8 Å². The summed E-state index contributed by atoms with van der Waals surface area (Å²) in [5, 5.41) is 12.5. The van der Waals surface area contributed by atoms with Crippen LogP contribution in [0, 0.1) is 5.82 Å². The Labute approximate surface area is 193 Å². The van der Waals surface area contributed by atoms with Crippen molar-refractivity contribution in [1.29, 1.82) is 0 Å².